The van der Waals surface area contributed by atoms with Crippen LogP contribution in [0.3, 0.4) is 0 Å². The molecule has 1 unspecified atom stereocenters. The van der Waals surface area contributed by atoms with Gasteiger partial charge in [-0.3, -0.25) is 9.59 Å². The molecule has 4 rings (SSSR count). The molecule has 1 amide bonds. The van der Waals surface area contributed by atoms with Crippen LogP contribution in [0.5, 0.6) is 11.5 Å². The van der Waals surface area contributed by atoms with Crippen molar-refractivity contribution in [1.29, 1.82) is 0 Å². The van der Waals surface area contributed by atoms with Crippen LogP contribution in [0, 0.1) is 0 Å². The molecule has 1 aliphatic rings. The zero-order chi connectivity index (χ0) is 25.7. The Kier molecular flexibility index (Phi) is 7.73. The summed E-state index contributed by atoms with van der Waals surface area (Å²) in [6.07, 6.45) is 5.90. The van der Waals surface area contributed by atoms with Crippen molar-refractivity contribution in [1.82, 2.24) is 14.5 Å². The van der Waals surface area contributed by atoms with E-state index in [9.17, 15) is 14.7 Å². The number of benzene rings is 2. The number of carbonyl (C=O) groups is 2. The second kappa shape index (κ2) is 11.1. The Labute approximate surface area is 210 Å². The third kappa shape index (κ3) is 5.43. The van der Waals surface area contributed by atoms with Crippen LogP contribution >= 0.6 is 0 Å². The van der Waals surface area contributed by atoms with E-state index < -0.39 is 17.7 Å². The van der Waals surface area contributed by atoms with Crippen molar-refractivity contribution < 1.29 is 24.2 Å². The molecule has 0 radical (unpaired) electrons. The normalized spacial score (nSPS) is 17.1. The van der Waals surface area contributed by atoms with E-state index in [2.05, 4.69) is 4.98 Å². The molecular formula is C28H31N3O5. The Balaban J connectivity index is 1.69. The van der Waals surface area contributed by atoms with Gasteiger partial charge in [-0.15, -0.1) is 0 Å². The first kappa shape index (κ1) is 25.0. The van der Waals surface area contributed by atoms with Gasteiger partial charge in [0.1, 0.15) is 17.3 Å². The highest BCUT2D eigenvalue weighted by atomic mass is 16.5. The molecule has 2 aromatic carbocycles. The Morgan fingerprint density at radius 1 is 1.03 bits per heavy atom. The van der Waals surface area contributed by atoms with E-state index in [-0.39, 0.29) is 17.4 Å². The minimum absolute atomic E-state index is 0.0109. The van der Waals surface area contributed by atoms with Crippen molar-refractivity contribution in [2.75, 3.05) is 13.2 Å². The Morgan fingerprint density at radius 3 is 2.33 bits per heavy atom. The predicted octanol–water partition coefficient (Wildman–Crippen LogP) is 4.58. The van der Waals surface area contributed by atoms with Crippen molar-refractivity contribution in [2.45, 2.75) is 45.9 Å². The lowest BCUT2D eigenvalue weighted by Crippen LogP contribution is -2.31. The van der Waals surface area contributed by atoms with E-state index in [4.69, 9.17) is 9.47 Å². The number of likely N-dealkylation sites (tertiary alicyclic amines) is 1. The Hall–Kier alpha value is -4.07. The number of imidazole rings is 1. The molecule has 8 heteroatoms. The number of hydrogen-bond donors (Lipinski definition) is 1. The number of aromatic nitrogens is 2. The largest absolute Gasteiger partial charge is 0.507 e. The molecule has 0 bridgehead atoms. The van der Waals surface area contributed by atoms with Gasteiger partial charge >= 0.3 is 0 Å². The van der Waals surface area contributed by atoms with Crippen molar-refractivity contribution in [3.63, 3.8) is 0 Å². The molecule has 0 saturated carbocycles. The number of aliphatic hydroxyl groups is 1. The minimum Gasteiger partial charge on any atom is -0.507 e. The molecule has 188 valence electrons. The van der Waals surface area contributed by atoms with E-state index in [1.165, 1.54) is 4.90 Å². The molecule has 1 aliphatic heterocycles. The van der Waals surface area contributed by atoms with Crippen LogP contribution in [-0.4, -0.2) is 50.5 Å². The topological polar surface area (TPSA) is 93.9 Å². The zero-order valence-corrected chi connectivity index (χ0v) is 20.8. The second-order valence-electron chi connectivity index (χ2n) is 8.84. The highest BCUT2D eigenvalue weighted by Crippen LogP contribution is 2.40. The van der Waals surface area contributed by atoms with Gasteiger partial charge in [-0.2, -0.15) is 0 Å². The number of aliphatic hydroxyl groups excluding tert-OH is 1. The first-order valence-electron chi connectivity index (χ1n) is 12.1. The number of hydrogen-bond acceptors (Lipinski definition) is 6. The van der Waals surface area contributed by atoms with Crippen LogP contribution in [-0.2, 0) is 16.1 Å². The van der Waals surface area contributed by atoms with E-state index in [1.54, 1.807) is 36.8 Å². The summed E-state index contributed by atoms with van der Waals surface area (Å²) < 4.78 is 13.2. The summed E-state index contributed by atoms with van der Waals surface area (Å²) in [5, 5.41) is 11.2. The van der Waals surface area contributed by atoms with Crippen molar-refractivity contribution >= 4 is 17.4 Å². The Bertz CT molecular complexity index is 1220. The van der Waals surface area contributed by atoms with E-state index >= 15 is 0 Å². The van der Waals surface area contributed by atoms with Gasteiger partial charge < -0.3 is 24.0 Å². The zero-order valence-electron chi connectivity index (χ0n) is 20.8. The maximum Gasteiger partial charge on any atom is 0.295 e. The van der Waals surface area contributed by atoms with Crippen LogP contribution < -0.4 is 9.47 Å². The molecule has 8 nitrogen and oxygen atoms in total. The lowest BCUT2D eigenvalue weighted by molar-refractivity contribution is -0.139. The standard InChI is InChI=1S/C28H31N3O5/c1-4-35-22-10-6-20(7-11-22)25-24(26(32)21-8-12-23(13-9-21)36-19(2)3)27(33)28(34)31(25)16-5-15-30-17-14-29-18-30/h6-14,17-19,25,32H,4-5,15-16H2,1-3H3. The maximum atomic E-state index is 13.2. The lowest BCUT2D eigenvalue weighted by atomic mass is 9.95. The molecule has 1 atom stereocenters. The van der Waals surface area contributed by atoms with Crippen LogP contribution in [0.15, 0.2) is 72.8 Å². The minimum atomic E-state index is -0.713. The van der Waals surface area contributed by atoms with E-state index in [0.717, 1.165) is 5.56 Å². The molecular weight excluding hydrogens is 458 g/mol. The molecule has 1 saturated heterocycles. The number of Topliss-reactive ketones (excluding diaryl/α,β-unsaturated/α-hetero) is 1. The number of amides is 1. The number of rotatable bonds is 10. The van der Waals surface area contributed by atoms with E-state index in [1.807, 2.05) is 55.8 Å². The fraction of sp³-hybridized carbons (Fsp3) is 0.321. The summed E-state index contributed by atoms with van der Waals surface area (Å²) in [7, 11) is 0. The van der Waals surface area contributed by atoms with Crippen LogP contribution in [0.2, 0.25) is 0 Å². The molecule has 3 aromatic rings. The van der Waals surface area contributed by atoms with Gasteiger partial charge in [-0.05, 0) is 69.2 Å². The van der Waals surface area contributed by atoms with Gasteiger partial charge in [0.05, 0.1) is 30.7 Å². The van der Waals surface area contributed by atoms with Gasteiger partial charge in [0.2, 0.25) is 0 Å². The monoisotopic (exact) mass is 489 g/mol. The number of ketones is 1. The summed E-state index contributed by atoms with van der Waals surface area (Å²) in [6, 6.07) is 13.4. The van der Waals surface area contributed by atoms with Gasteiger partial charge in [-0.1, -0.05) is 12.1 Å². The van der Waals surface area contributed by atoms with Gasteiger partial charge in [0.25, 0.3) is 11.7 Å². The van der Waals surface area contributed by atoms with Crippen molar-refractivity contribution in [3.05, 3.63) is 84.0 Å². The first-order chi connectivity index (χ1) is 17.4. The molecule has 36 heavy (non-hydrogen) atoms. The van der Waals surface area contributed by atoms with Gasteiger partial charge in [0, 0.05) is 31.0 Å². The highest BCUT2D eigenvalue weighted by Gasteiger charge is 2.45. The van der Waals surface area contributed by atoms with Gasteiger partial charge in [-0.25, -0.2) is 4.98 Å². The van der Waals surface area contributed by atoms with Gasteiger partial charge in [0.15, 0.2) is 0 Å². The Morgan fingerprint density at radius 2 is 1.72 bits per heavy atom. The smallest absolute Gasteiger partial charge is 0.295 e. The van der Waals surface area contributed by atoms with Crippen LogP contribution in [0.1, 0.15) is 44.4 Å². The van der Waals surface area contributed by atoms with E-state index in [0.29, 0.717) is 43.2 Å². The molecule has 1 aromatic heterocycles. The highest BCUT2D eigenvalue weighted by molar-refractivity contribution is 6.46. The summed E-state index contributed by atoms with van der Waals surface area (Å²) in [6.45, 7) is 7.29. The molecule has 1 N–H and O–H groups in total. The fourth-order valence-corrected chi connectivity index (χ4v) is 4.33. The maximum absolute atomic E-state index is 13.2. The average Bonchev–Trinajstić information content (AvgIpc) is 3.47. The predicted molar refractivity (Wildman–Crippen MR) is 136 cm³/mol. The number of nitrogens with zero attached hydrogens (tertiary/aromatic N) is 3. The molecule has 0 aliphatic carbocycles. The number of carbonyl (C=O) groups excluding carboxylic acids is 2. The number of aryl methyl sites for hydroxylation is 1. The summed E-state index contributed by atoms with van der Waals surface area (Å²) in [5.74, 6) is -0.179. The van der Waals surface area contributed by atoms with Crippen molar-refractivity contribution in [2.24, 2.45) is 0 Å². The van der Waals surface area contributed by atoms with Crippen LogP contribution in [0.4, 0.5) is 0 Å². The second-order valence-corrected chi connectivity index (χ2v) is 8.84. The van der Waals surface area contributed by atoms with Crippen LogP contribution in [0.25, 0.3) is 5.76 Å². The van der Waals surface area contributed by atoms with Crippen molar-refractivity contribution in [3.8, 4) is 11.5 Å². The quantitative estimate of drug-likeness (QED) is 0.255. The fourth-order valence-electron chi connectivity index (χ4n) is 4.33. The lowest BCUT2D eigenvalue weighted by Gasteiger charge is -2.25. The SMILES string of the molecule is CCOc1ccc(C2C(=C(O)c3ccc(OC(C)C)cc3)C(=O)C(=O)N2CCCn2ccnc2)cc1. The first-order valence-corrected chi connectivity index (χ1v) is 12.1. The molecule has 1 fully saturated rings. The molecule has 0 spiro atoms. The third-order valence-corrected chi connectivity index (χ3v) is 5.92. The molecule has 2 heterocycles. The third-order valence-electron chi connectivity index (χ3n) is 5.92. The summed E-state index contributed by atoms with van der Waals surface area (Å²) in [5.41, 5.74) is 1.24. The summed E-state index contributed by atoms with van der Waals surface area (Å²) >= 11 is 0. The summed E-state index contributed by atoms with van der Waals surface area (Å²) in [4.78, 5) is 31.9. The number of ether oxygens (including phenoxy) is 2. The average molecular weight is 490 g/mol.